The topological polar surface area (TPSA) is 78.9 Å². The van der Waals surface area contributed by atoms with Crippen molar-refractivity contribution in [3.05, 3.63) is 0 Å². The van der Waals surface area contributed by atoms with Gasteiger partial charge in [0.15, 0.2) is 0 Å². The maximum atomic E-state index is 11.0. The molecule has 1 atom stereocenters. The Morgan fingerprint density at radius 1 is 1.44 bits per heavy atom. The monoisotopic (exact) mass is 258 g/mol. The van der Waals surface area contributed by atoms with Gasteiger partial charge in [-0.05, 0) is 31.8 Å². The van der Waals surface area contributed by atoms with E-state index in [0.29, 0.717) is 12.5 Å². The lowest BCUT2D eigenvalue weighted by molar-refractivity contribution is -0.142. The van der Waals surface area contributed by atoms with Crippen LogP contribution in [0.2, 0.25) is 0 Å². The number of carbonyl (C=O) groups excluding carboxylic acids is 1. The van der Waals surface area contributed by atoms with E-state index in [2.05, 4.69) is 10.2 Å². The molecule has 0 saturated carbocycles. The third-order valence-electron chi connectivity index (χ3n) is 3.23. The molecule has 1 rings (SSSR count). The Balaban J connectivity index is 2.37. The highest BCUT2D eigenvalue weighted by molar-refractivity contribution is 5.82. The van der Waals surface area contributed by atoms with E-state index in [1.807, 2.05) is 0 Å². The summed E-state index contributed by atoms with van der Waals surface area (Å²) < 4.78 is 5.12. The van der Waals surface area contributed by atoms with Crippen molar-refractivity contribution in [1.82, 2.24) is 10.2 Å². The number of methoxy groups -OCH3 is 1. The van der Waals surface area contributed by atoms with Gasteiger partial charge in [0.1, 0.15) is 6.04 Å². The van der Waals surface area contributed by atoms with Gasteiger partial charge in [0.25, 0.3) is 0 Å². The van der Waals surface area contributed by atoms with Gasteiger partial charge in [-0.3, -0.25) is 4.79 Å². The summed E-state index contributed by atoms with van der Waals surface area (Å²) in [6.07, 6.45) is 2.03. The first-order valence-electron chi connectivity index (χ1n) is 6.24. The van der Waals surface area contributed by atoms with E-state index < -0.39 is 12.0 Å². The fourth-order valence-corrected chi connectivity index (χ4v) is 2.26. The largest absolute Gasteiger partial charge is 0.480 e. The van der Waals surface area contributed by atoms with Crippen LogP contribution in [-0.4, -0.2) is 61.3 Å². The molecule has 0 radical (unpaired) electrons. The zero-order chi connectivity index (χ0) is 13.5. The highest BCUT2D eigenvalue weighted by Gasteiger charge is 2.25. The molecule has 6 nitrogen and oxygen atoms in total. The van der Waals surface area contributed by atoms with Gasteiger partial charge >= 0.3 is 5.97 Å². The average molecular weight is 258 g/mol. The molecule has 1 aliphatic heterocycles. The lowest BCUT2D eigenvalue weighted by atomic mass is 9.97. The summed E-state index contributed by atoms with van der Waals surface area (Å²) in [5.74, 6) is -0.726. The van der Waals surface area contributed by atoms with E-state index in [1.165, 1.54) is 6.92 Å². The Labute approximate surface area is 107 Å². The lowest BCUT2D eigenvalue weighted by Crippen LogP contribution is -2.49. The molecule has 1 amide bonds. The molecule has 1 fully saturated rings. The minimum Gasteiger partial charge on any atom is -0.480 e. The Kier molecular flexibility index (Phi) is 6.07. The SMILES string of the molecule is COCC1CCN(CC(NC(C)=O)C(=O)O)CC1. The highest BCUT2D eigenvalue weighted by Crippen LogP contribution is 2.17. The van der Waals surface area contributed by atoms with Crippen LogP contribution >= 0.6 is 0 Å². The predicted octanol–water partition coefficient (Wildman–Crippen LogP) is -0.0659. The quantitative estimate of drug-likeness (QED) is 0.697. The molecule has 1 aliphatic rings. The summed E-state index contributed by atoms with van der Waals surface area (Å²) in [6.45, 7) is 4.19. The molecule has 1 heterocycles. The van der Waals surface area contributed by atoms with Crippen LogP contribution in [0.4, 0.5) is 0 Å². The van der Waals surface area contributed by atoms with Crippen molar-refractivity contribution >= 4 is 11.9 Å². The van der Waals surface area contributed by atoms with Gasteiger partial charge in [-0.15, -0.1) is 0 Å². The van der Waals surface area contributed by atoms with Crippen LogP contribution < -0.4 is 5.32 Å². The summed E-state index contributed by atoms with van der Waals surface area (Å²) in [6, 6.07) is -0.818. The van der Waals surface area contributed by atoms with Gasteiger partial charge in [0, 0.05) is 27.2 Å². The Morgan fingerprint density at radius 3 is 2.50 bits per heavy atom. The van der Waals surface area contributed by atoms with Crippen LogP contribution in [0, 0.1) is 5.92 Å². The van der Waals surface area contributed by atoms with Crippen molar-refractivity contribution < 1.29 is 19.4 Å². The highest BCUT2D eigenvalue weighted by atomic mass is 16.5. The van der Waals surface area contributed by atoms with E-state index in [4.69, 9.17) is 9.84 Å². The molecule has 104 valence electrons. The van der Waals surface area contributed by atoms with Crippen molar-refractivity contribution in [2.75, 3.05) is 33.4 Å². The number of piperidine rings is 1. The molecule has 0 aromatic heterocycles. The minimum atomic E-state index is -0.982. The van der Waals surface area contributed by atoms with Gasteiger partial charge in [0.2, 0.25) is 5.91 Å². The number of ether oxygens (including phenoxy) is 1. The third-order valence-corrected chi connectivity index (χ3v) is 3.23. The second kappa shape index (κ2) is 7.33. The second-order valence-corrected chi connectivity index (χ2v) is 4.79. The zero-order valence-electron chi connectivity index (χ0n) is 11.0. The number of hydrogen-bond acceptors (Lipinski definition) is 4. The summed E-state index contributed by atoms with van der Waals surface area (Å²) >= 11 is 0. The fourth-order valence-electron chi connectivity index (χ4n) is 2.26. The normalized spacial score (nSPS) is 19.4. The van der Waals surface area contributed by atoms with E-state index >= 15 is 0 Å². The Hall–Kier alpha value is -1.14. The number of aliphatic carboxylic acids is 1. The van der Waals surface area contributed by atoms with Gasteiger partial charge in [-0.25, -0.2) is 4.79 Å². The number of carboxylic acids is 1. The first-order valence-corrected chi connectivity index (χ1v) is 6.24. The van der Waals surface area contributed by atoms with Gasteiger partial charge < -0.3 is 20.1 Å². The van der Waals surface area contributed by atoms with Crippen LogP contribution in [0.25, 0.3) is 0 Å². The minimum absolute atomic E-state index is 0.309. The summed E-state index contributed by atoms with van der Waals surface area (Å²) in [5.41, 5.74) is 0. The Bertz CT molecular complexity index is 288. The molecule has 1 saturated heterocycles. The molecule has 0 spiro atoms. The summed E-state index contributed by atoms with van der Waals surface area (Å²) in [5, 5.41) is 11.5. The molecule has 0 aromatic rings. The fraction of sp³-hybridized carbons (Fsp3) is 0.833. The van der Waals surface area contributed by atoms with Crippen molar-refractivity contribution in [3.63, 3.8) is 0 Å². The number of rotatable bonds is 6. The number of nitrogens with one attached hydrogen (secondary N) is 1. The second-order valence-electron chi connectivity index (χ2n) is 4.79. The molecule has 0 aromatic carbocycles. The maximum absolute atomic E-state index is 11.0. The van der Waals surface area contributed by atoms with Crippen molar-refractivity contribution in [1.29, 1.82) is 0 Å². The van der Waals surface area contributed by atoms with Crippen LogP contribution in [-0.2, 0) is 14.3 Å². The first kappa shape index (κ1) is 14.9. The third kappa shape index (κ3) is 5.01. The van der Waals surface area contributed by atoms with Crippen LogP contribution in [0.5, 0.6) is 0 Å². The maximum Gasteiger partial charge on any atom is 0.327 e. The zero-order valence-corrected chi connectivity index (χ0v) is 11.0. The molecule has 1 unspecified atom stereocenters. The van der Waals surface area contributed by atoms with Gasteiger partial charge in [0.05, 0.1) is 0 Å². The molecular formula is C12H22N2O4. The molecule has 0 aliphatic carbocycles. The first-order chi connectivity index (χ1) is 8.52. The van der Waals surface area contributed by atoms with E-state index in [9.17, 15) is 9.59 Å². The number of hydrogen-bond donors (Lipinski definition) is 2. The summed E-state index contributed by atoms with van der Waals surface area (Å²) in [4.78, 5) is 24.0. The van der Waals surface area contributed by atoms with Gasteiger partial charge in [-0.1, -0.05) is 0 Å². The molecule has 6 heteroatoms. The number of carboxylic acid groups (broad SMARTS) is 1. The molecule has 2 N–H and O–H groups in total. The van der Waals surface area contributed by atoms with Crippen molar-refractivity contribution in [2.24, 2.45) is 5.92 Å². The Morgan fingerprint density at radius 2 is 2.06 bits per heavy atom. The number of likely N-dealkylation sites (tertiary alicyclic amines) is 1. The van der Waals surface area contributed by atoms with E-state index in [0.717, 1.165) is 32.5 Å². The summed E-state index contributed by atoms with van der Waals surface area (Å²) in [7, 11) is 1.70. The van der Waals surface area contributed by atoms with Crippen LogP contribution in [0.3, 0.4) is 0 Å². The molecular weight excluding hydrogens is 236 g/mol. The van der Waals surface area contributed by atoms with Gasteiger partial charge in [-0.2, -0.15) is 0 Å². The standard InChI is InChI=1S/C12H22N2O4/c1-9(15)13-11(12(16)17)7-14-5-3-10(4-6-14)8-18-2/h10-11H,3-8H2,1-2H3,(H,13,15)(H,16,17). The average Bonchev–Trinajstić information content (AvgIpc) is 2.30. The smallest absolute Gasteiger partial charge is 0.327 e. The number of nitrogens with zero attached hydrogens (tertiary/aromatic N) is 1. The lowest BCUT2D eigenvalue weighted by Gasteiger charge is -2.33. The van der Waals surface area contributed by atoms with E-state index in [-0.39, 0.29) is 5.91 Å². The molecule has 18 heavy (non-hydrogen) atoms. The van der Waals surface area contributed by atoms with E-state index in [1.54, 1.807) is 7.11 Å². The van der Waals surface area contributed by atoms with Crippen LogP contribution in [0.15, 0.2) is 0 Å². The predicted molar refractivity (Wildman–Crippen MR) is 66.3 cm³/mol. The number of carbonyl (C=O) groups is 2. The van der Waals surface area contributed by atoms with Crippen LogP contribution in [0.1, 0.15) is 19.8 Å². The van der Waals surface area contributed by atoms with Crippen molar-refractivity contribution in [2.45, 2.75) is 25.8 Å². The number of amides is 1. The van der Waals surface area contributed by atoms with Crippen molar-refractivity contribution in [3.8, 4) is 0 Å². The molecule has 0 bridgehead atoms.